The van der Waals surface area contributed by atoms with Crippen molar-refractivity contribution in [3.8, 4) is 0 Å². The van der Waals surface area contributed by atoms with E-state index in [4.69, 9.17) is 9.47 Å². The van der Waals surface area contributed by atoms with Crippen molar-refractivity contribution in [1.29, 1.82) is 0 Å². The van der Waals surface area contributed by atoms with Crippen LogP contribution in [0.25, 0.3) is 0 Å². The molecule has 0 saturated carbocycles. The van der Waals surface area contributed by atoms with Crippen LogP contribution in [-0.4, -0.2) is 56.6 Å². The van der Waals surface area contributed by atoms with E-state index < -0.39 is 46.5 Å². The molecule has 1 heterocycles. The average Bonchev–Trinajstić information content (AvgIpc) is 3.15. The molecule has 3 rings (SSSR count). The number of carbonyl (C=O) groups excluding carboxylic acids is 3. The standard InChI is InChI=1S/C23H26N2O7S/c26-21(24-19-11-12-33(29,30)16-19)15-31-22(27)20(13-17-7-3-1-4-8-17)25-23(28)32-14-18-9-5-2-6-10-18/h1-10,19-20H,11-16H2,(H,24,26)(H,25,28)/t19-,20-/m1/s1. The van der Waals surface area contributed by atoms with Crippen LogP contribution in [0.1, 0.15) is 17.5 Å². The van der Waals surface area contributed by atoms with E-state index in [-0.39, 0.29) is 24.5 Å². The molecule has 0 aromatic heterocycles. The van der Waals surface area contributed by atoms with Crippen molar-refractivity contribution in [2.75, 3.05) is 18.1 Å². The minimum Gasteiger partial charge on any atom is -0.454 e. The molecule has 0 bridgehead atoms. The molecule has 0 radical (unpaired) electrons. The molecule has 1 aliphatic heterocycles. The van der Waals surface area contributed by atoms with Crippen molar-refractivity contribution in [1.82, 2.24) is 10.6 Å². The lowest BCUT2D eigenvalue weighted by Crippen LogP contribution is -2.45. The molecule has 2 amide bonds. The highest BCUT2D eigenvalue weighted by molar-refractivity contribution is 7.91. The van der Waals surface area contributed by atoms with Crippen molar-refractivity contribution in [3.63, 3.8) is 0 Å². The number of sulfone groups is 1. The van der Waals surface area contributed by atoms with Gasteiger partial charge in [-0.3, -0.25) is 4.79 Å². The molecule has 1 fully saturated rings. The summed E-state index contributed by atoms with van der Waals surface area (Å²) in [5, 5.41) is 5.05. The molecule has 0 aliphatic carbocycles. The first-order chi connectivity index (χ1) is 15.8. The van der Waals surface area contributed by atoms with Gasteiger partial charge in [0, 0.05) is 12.5 Å². The molecule has 2 aromatic rings. The average molecular weight is 475 g/mol. The molecule has 33 heavy (non-hydrogen) atoms. The molecule has 10 heteroatoms. The topological polar surface area (TPSA) is 128 Å². The minimum absolute atomic E-state index is 0.0197. The first-order valence-electron chi connectivity index (χ1n) is 10.5. The lowest BCUT2D eigenvalue weighted by molar-refractivity contribution is -0.150. The Hall–Kier alpha value is -3.40. The van der Waals surface area contributed by atoms with E-state index in [9.17, 15) is 22.8 Å². The van der Waals surface area contributed by atoms with Crippen LogP contribution in [-0.2, 0) is 41.9 Å². The second-order valence-corrected chi connectivity index (χ2v) is 9.95. The van der Waals surface area contributed by atoms with Crippen LogP contribution in [0.15, 0.2) is 60.7 Å². The second kappa shape index (κ2) is 11.5. The Bertz CT molecular complexity index is 1060. The number of esters is 1. The number of alkyl carbamates (subject to hydrolysis) is 1. The zero-order chi connectivity index (χ0) is 23.7. The number of hydrogen-bond donors (Lipinski definition) is 2. The third kappa shape index (κ3) is 8.23. The predicted octanol–water partition coefficient (Wildman–Crippen LogP) is 1.37. The summed E-state index contributed by atoms with van der Waals surface area (Å²) in [4.78, 5) is 37.0. The zero-order valence-electron chi connectivity index (χ0n) is 17.9. The van der Waals surface area contributed by atoms with Gasteiger partial charge < -0.3 is 20.1 Å². The summed E-state index contributed by atoms with van der Waals surface area (Å²) >= 11 is 0. The summed E-state index contributed by atoms with van der Waals surface area (Å²) in [6.07, 6.45) is -0.326. The Morgan fingerprint density at radius 1 is 0.939 bits per heavy atom. The van der Waals surface area contributed by atoms with Crippen molar-refractivity contribution in [3.05, 3.63) is 71.8 Å². The molecular formula is C23H26N2O7S. The van der Waals surface area contributed by atoms with Gasteiger partial charge in [-0.1, -0.05) is 60.7 Å². The molecule has 2 N–H and O–H groups in total. The quantitative estimate of drug-likeness (QED) is 0.526. The van der Waals surface area contributed by atoms with Crippen molar-refractivity contribution < 1.29 is 32.3 Å². The maximum absolute atomic E-state index is 12.6. The lowest BCUT2D eigenvalue weighted by Gasteiger charge is -2.18. The normalized spacial score (nSPS) is 17.5. The monoisotopic (exact) mass is 474 g/mol. The molecule has 0 unspecified atom stereocenters. The van der Waals surface area contributed by atoms with Gasteiger partial charge in [-0.2, -0.15) is 0 Å². The summed E-state index contributed by atoms with van der Waals surface area (Å²) < 4.78 is 33.3. The summed E-state index contributed by atoms with van der Waals surface area (Å²) in [7, 11) is -3.14. The Labute approximate surface area is 192 Å². The van der Waals surface area contributed by atoms with Crippen molar-refractivity contribution in [2.24, 2.45) is 0 Å². The SMILES string of the molecule is O=C(COC(=O)[C@@H](Cc1ccccc1)NC(=O)OCc1ccccc1)N[C@@H]1CCS(=O)(=O)C1. The van der Waals surface area contributed by atoms with Crippen LogP contribution in [0.3, 0.4) is 0 Å². The molecule has 176 valence electrons. The van der Waals surface area contributed by atoms with Gasteiger partial charge in [0.1, 0.15) is 12.6 Å². The Balaban J connectivity index is 1.54. The Morgan fingerprint density at radius 3 is 2.18 bits per heavy atom. The fourth-order valence-electron chi connectivity index (χ4n) is 3.37. The van der Waals surface area contributed by atoms with E-state index >= 15 is 0 Å². The third-order valence-corrected chi connectivity index (χ3v) is 6.78. The van der Waals surface area contributed by atoms with E-state index in [1.165, 1.54) is 0 Å². The van der Waals surface area contributed by atoms with E-state index in [2.05, 4.69) is 10.6 Å². The van der Waals surface area contributed by atoms with E-state index in [1.54, 1.807) is 36.4 Å². The van der Waals surface area contributed by atoms with Gasteiger partial charge in [0.15, 0.2) is 16.4 Å². The molecule has 1 saturated heterocycles. The van der Waals surface area contributed by atoms with E-state index in [1.807, 2.05) is 24.3 Å². The van der Waals surface area contributed by atoms with Crippen LogP contribution in [0.5, 0.6) is 0 Å². The fraction of sp³-hybridized carbons (Fsp3) is 0.348. The van der Waals surface area contributed by atoms with Gasteiger partial charge in [-0.15, -0.1) is 0 Å². The molecule has 2 atom stereocenters. The van der Waals surface area contributed by atoms with Crippen LogP contribution >= 0.6 is 0 Å². The summed E-state index contributed by atoms with van der Waals surface area (Å²) in [6.45, 7) is -0.548. The van der Waals surface area contributed by atoms with Crippen LogP contribution < -0.4 is 10.6 Å². The van der Waals surface area contributed by atoms with Gasteiger partial charge >= 0.3 is 12.1 Å². The number of hydrogen-bond acceptors (Lipinski definition) is 7. The van der Waals surface area contributed by atoms with Crippen molar-refractivity contribution >= 4 is 27.8 Å². The first kappa shape index (κ1) is 24.2. The van der Waals surface area contributed by atoms with Gasteiger partial charge in [0.05, 0.1) is 11.5 Å². The first-order valence-corrected chi connectivity index (χ1v) is 12.3. The van der Waals surface area contributed by atoms with E-state index in [0.717, 1.165) is 11.1 Å². The molecule has 2 aromatic carbocycles. The van der Waals surface area contributed by atoms with Gasteiger partial charge in [-0.05, 0) is 17.5 Å². The predicted molar refractivity (Wildman–Crippen MR) is 120 cm³/mol. The number of benzene rings is 2. The molecular weight excluding hydrogens is 448 g/mol. The highest BCUT2D eigenvalue weighted by atomic mass is 32.2. The van der Waals surface area contributed by atoms with Crippen LogP contribution in [0, 0.1) is 0 Å². The summed E-state index contributed by atoms with van der Waals surface area (Å²) in [5.74, 6) is -1.51. The number of ether oxygens (including phenoxy) is 2. The highest BCUT2D eigenvalue weighted by Crippen LogP contribution is 2.11. The fourth-order valence-corrected chi connectivity index (χ4v) is 5.04. The number of nitrogens with one attached hydrogen (secondary N) is 2. The molecule has 1 aliphatic rings. The van der Waals surface area contributed by atoms with E-state index in [0.29, 0.717) is 6.42 Å². The number of rotatable bonds is 9. The zero-order valence-corrected chi connectivity index (χ0v) is 18.8. The minimum atomic E-state index is -3.14. The smallest absolute Gasteiger partial charge is 0.408 e. The summed E-state index contributed by atoms with van der Waals surface area (Å²) in [6, 6.07) is 16.5. The number of carbonyl (C=O) groups is 3. The maximum Gasteiger partial charge on any atom is 0.408 e. The van der Waals surface area contributed by atoms with Gasteiger partial charge in [0.2, 0.25) is 0 Å². The van der Waals surface area contributed by atoms with Gasteiger partial charge in [-0.25, -0.2) is 18.0 Å². The summed E-state index contributed by atoms with van der Waals surface area (Å²) in [5.41, 5.74) is 1.57. The van der Waals surface area contributed by atoms with Crippen molar-refractivity contribution in [2.45, 2.75) is 31.5 Å². The Morgan fingerprint density at radius 2 is 1.58 bits per heavy atom. The lowest BCUT2D eigenvalue weighted by atomic mass is 10.1. The second-order valence-electron chi connectivity index (χ2n) is 7.72. The van der Waals surface area contributed by atoms with Crippen LogP contribution in [0.4, 0.5) is 4.79 Å². The number of amides is 2. The molecule has 0 spiro atoms. The molecule has 9 nitrogen and oxygen atoms in total. The third-order valence-electron chi connectivity index (χ3n) is 5.02. The van der Waals surface area contributed by atoms with Gasteiger partial charge in [0.25, 0.3) is 5.91 Å². The highest BCUT2D eigenvalue weighted by Gasteiger charge is 2.30. The largest absolute Gasteiger partial charge is 0.454 e. The maximum atomic E-state index is 12.6. The Kier molecular flexibility index (Phi) is 8.42. The van der Waals surface area contributed by atoms with Crippen LogP contribution in [0.2, 0.25) is 0 Å².